The first-order valence-electron chi connectivity index (χ1n) is 7.67. The molecule has 0 aliphatic carbocycles. The number of rotatable bonds is 5. The van der Waals surface area contributed by atoms with Crippen LogP contribution >= 0.6 is 0 Å². The Morgan fingerprint density at radius 2 is 1.90 bits per heavy atom. The Morgan fingerprint density at radius 3 is 2.62 bits per heavy atom. The van der Waals surface area contributed by atoms with Crippen LogP contribution in [0.5, 0.6) is 0 Å². The predicted octanol–water partition coefficient (Wildman–Crippen LogP) is 2.73. The van der Waals surface area contributed by atoms with Gasteiger partial charge in [-0.25, -0.2) is 9.97 Å². The number of likely N-dealkylation sites (tertiary alicyclic amines) is 1. The Hall–Kier alpha value is -1.94. The Kier molecular flexibility index (Phi) is 4.46. The van der Waals surface area contributed by atoms with Crippen molar-refractivity contribution >= 4 is 5.95 Å². The molecule has 1 aliphatic heterocycles. The maximum atomic E-state index is 4.38. The molecule has 1 atom stereocenters. The molecule has 4 heteroatoms. The Labute approximate surface area is 126 Å². The highest BCUT2D eigenvalue weighted by Crippen LogP contribution is 2.16. The molecule has 2 aromatic rings. The minimum atomic E-state index is 0.446. The van der Waals surface area contributed by atoms with Gasteiger partial charge in [0.15, 0.2) is 0 Å². The molecule has 1 saturated heterocycles. The number of benzene rings is 1. The average molecular weight is 282 g/mol. The van der Waals surface area contributed by atoms with E-state index >= 15 is 0 Å². The monoisotopic (exact) mass is 282 g/mol. The van der Waals surface area contributed by atoms with E-state index in [1.807, 2.05) is 12.4 Å². The van der Waals surface area contributed by atoms with Gasteiger partial charge in [-0.3, -0.25) is 4.90 Å². The fraction of sp³-hybridized carbons (Fsp3) is 0.412. The molecule has 0 radical (unpaired) electrons. The predicted molar refractivity (Wildman–Crippen MR) is 85.2 cm³/mol. The molecule has 1 N–H and O–H groups in total. The van der Waals surface area contributed by atoms with Crippen molar-refractivity contribution in [3.63, 3.8) is 0 Å². The molecule has 0 saturated carbocycles. The molecule has 0 bridgehead atoms. The van der Waals surface area contributed by atoms with Gasteiger partial charge in [-0.1, -0.05) is 37.3 Å². The molecule has 1 aromatic heterocycles. The summed E-state index contributed by atoms with van der Waals surface area (Å²) in [6.45, 7) is 5.31. The summed E-state index contributed by atoms with van der Waals surface area (Å²) in [7, 11) is 0. The van der Waals surface area contributed by atoms with Gasteiger partial charge < -0.3 is 5.32 Å². The van der Waals surface area contributed by atoms with Gasteiger partial charge >= 0.3 is 0 Å². The van der Waals surface area contributed by atoms with Gasteiger partial charge in [-0.05, 0) is 24.0 Å². The maximum Gasteiger partial charge on any atom is 0.222 e. The summed E-state index contributed by atoms with van der Waals surface area (Å²) in [6.07, 6.45) is 5.94. The van der Waals surface area contributed by atoms with Gasteiger partial charge in [-0.15, -0.1) is 0 Å². The first-order chi connectivity index (χ1) is 10.3. The fourth-order valence-electron chi connectivity index (χ4n) is 2.73. The van der Waals surface area contributed by atoms with E-state index in [9.17, 15) is 0 Å². The molecule has 21 heavy (non-hydrogen) atoms. The Morgan fingerprint density at radius 1 is 1.14 bits per heavy atom. The second-order valence-electron chi connectivity index (χ2n) is 5.62. The molecule has 2 heterocycles. The third kappa shape index (κ3) is 3.79. The van der Waals surface area contributed by atoms with Crippen LogP contribution in [-0.2, 0) is 13.0 Å². The van der Waals surface area contributed by atoms with Crippen molar-refractivity contribution < 1.29 is 0 Å². The lowest BCUT2D eigenvalue weighted by Gasteiger charge is -2.16. The molecular weight excluding hydrogens is 260 g/mol. The van der Waals surface area contributed by atoms with E-state index in [0.717, 1.165) is 38.4 Å². The summed E-state index contributed by atoms with van der Waals surface area (Å²) in [5.74, 6) is 0.749. The van der Waals surface area contributed by atoms with Crippen LogP contribution in [0.15, 0.2) is 42.7 Å². The van der Waals surface area contributed by atoms with Crippen LogP contribution in [0.3, 0.4) is 0 Å². The van der Waals surface area contributed by atoms with Crippen molar-refractivity contribution in [3.8, 4) is 0 Å². The van der Waals surface area contributed by atoms with Gasteiger partial charge in [0.25, 0.3) is 0 Å². The lowest BCUT2D eigenvalue weighted by atomic mass is 10.2. The quantitative estimate of drug-likeness (QED) is 0.915. The second-order valence-corrected chi connectivity index (χ2v) is 5.62. The zero-order valence-corrected chi connectivity index (χ0v) is 12.5. The van der Waals surface area contributed by atoms with Crippen LogP contribution in [0, 0.1) is 0 Å². The molecule has 0 unspecified atom stereocenters. The summed E-state index contributed by atoms with van der Waals surface area (Å²) in [4.78, 5) is 11.2. The van der Waals surface area contributed by atoms with Crippen LogP contribution in [0.4, 0.5) is 5.95 Å². The molecule has 110 valence electrons. The summed E-state index contributed by atoms with van der Waals surface area (Å²) < 4.78 is 0. The highest BCUT2D eigenvalue weighted by molar-refractivity contribution is 5.27. The number of anilines is 1. The van der Waals surface area contributed by atoms with E-state index < -0.39 is 0 Å². The minimum absolute atomic E-state index is 0.446. The number of aromatic nitrogens is 2. The van der Waals surface area contributed by atoms with Crippen LogP contribution in [0.2, 0.25) is 0 Å². The van der Waals surface area contributed by atoms with Crippen LogP contribution in [0.1, 0.15) is 24.5 Å². The van der Waals surface area contributed by atoms with Crippen LogP contribution in [-0.4, -0.2) is 34.0 Å². The van der Waals surface area contributed by atoms with E-state index in [2.05, 4.69) is 57.4 Å². The maximum absolute atomic E-state index is 4.38. The fourth-order valence-corrected chi connectivity index (χ4v) is 2.73. The lowest BCUT2D eigenvalue weighted by molar-refractivity contribution is 0.328. The standard InChI is InChI=1S/C17H22N4/c1-2-14-10-18-17(19-11-14)20-16-8-9-21(13-16)12-15-6-4-3-5-7-15/h3-7,10-11,16H,2,8-9,12-13H2,1H3,(H,18,19,20)/t16-/m1/s1. The van der Waals surface area contributed by atoms with Crippen molar-refractivity contribution in [2.45, 2.75) is 32.4 Å². The summed E-state index contributed by atoms with van der Waals surface area (Å²) >= 11 is 0. The summed E-state index contributed by atoms with van der Waals surface area (Å²) in [5.41, 5.74) is 2.55. The minimum Gasteiger partial charge on any atom is -0.350 e. The summed E-state index contributed by atoms with van der Waals surface area (Å²) in [6, 6.07) is 11.1. The van der Waals surface area contributed by atoms with E-state index in [4.69, 9.17) is 0 Å². The van der Waals surface area contributed by atoms with E-state index in [-0.39, 0.29) is 0 Å². The van der Waals surface area contributed by atoms with Crippen molar-refractivity contribution in [2.75, 3.05) is 18.4 Å². The molecular formula is C17H22N4. The van der Waals surface area contributed by atoms with Crippen LogP contribution in [0.25, 0.3) is 0 Å². The Bertz CT molecular complexity index is 553. The smallest absolute Gasteiger partial charge is 0.222 e. The van der Waals surface area contributed by atoms with Crippen molar-refractivity contribution in [1.82, 2.24) is 14.9 Å². The number of aryl methyl sites for hydroxylation is 1. The molecule has 3 rings (SSSR count). The largest absolute Gasteiger partial charge is 0.350 e. The van der Waals surface area contributed by atoms with Gasteiger partial charge in [0, 0.05) is 38.1 Å². The first-order valence-corrected chi connectivity index (χ1v) is 7.67. The number of nitrogens with one attached hydrogen (secondary N) is 1. The van der Waals surface area contributed by atoms with Gasteiger partial charge in [0.05, 0.1) is 0 Å². The molecule has 0 amide bonds. The number of hydrogen-bond donors (Lipinski definition) is 1. The second kappa shape index (κ2) is 6.68. The molecule has 1 aliphatic rings. The highest BCUT2D eigenvalue weighted by atomic mass is 15.2. The molecule has 0 spiro atoms. The topological polar surface area (TPSA) is 41.1 Å². The van der Waals surface area contributed by atoms with Crippen molar-refractivity contribution in [2.24, 2.45) is 0 Å². The zero-order chi connectivity index (χ0) is 14.5. The molecule has 4 nitrogen and oxygen atoms in total. The van der Waals surface area contributed by atoms with Crippen molar-refractivity contribution in [3.05, 3.63) is 53.9 Å². The van der Waals surface area contributed by atoms with Gasteiger partial charge in [-0.2, -0.15) is 0 Å². The normalized spacial score (nSPS) is 18.8. The van der Waals surface area contributed by atoms with E-state index in [1.165, 1.54) is 11.1 Å². The third-order valence-corrected chi connectivity index (χ3v) is 3.97. The van der Waals surface area contributed by atoms with Gasteiger partial charge in [0.1, 0.15) is 0 Å². The van der Waals surface area contributed by atoms with Crippen molar-refractivity contribution in [1.29, 1.82) is 0 Å². The molecule has 1 aromatic carbocycles. The number of hydrogen-bond acceptors (Lipinski definition) is 4. The third-order valence-electron chi connectivity index (χ3n) is 3.97. The SMILES string of the molecule is CCc1cnc(N[C@@H]2CCN(Cc3ccccc3)C2)nc1. The highest BCUT2D eigenvalue weighted by Gasteiger charge is 2.22. The van der Waals surface area contributed by atoms with Crippen LogP contribution < -0.4 is 5.32 Å². The first kappa shape index (κ1) is 14.0. The Balaban J connectivity index is 1.52. The molecule has 1 fully saturated rings. The zero-order valence-electron chi connectivity index (χ0n) is 12.5. The summed E-state index contributed by atoms with van der Waals surface area (Å²) in [5, 5.41) is 3.44. The average Bonchev–Trinajstić information content (AvgIpc) is 2.96. The lowest BCUT2D eigenvalue weighted by Crippen LogP contribution is -2.26. The van der Waals surface area contributed by atoms with E-state index in [1.54, 1.807) is 0 Å². The van der Waals surface area contributed by atoms with Gasteiger partial charge in [0.2, 0.25) is 5.95 Å². The van der Waals surface area contributed by atoms with E-state index in [0.29, 0.717) is 6.04 Å². The number of nitrogens with zero attached hydrogens (tertiary/aromatic N) is 3.